The fourth-order valence-corrected chi connectivity index (χ4v) is 10.8. The zero-order valence-corrected chi connectivity index (χ0v) is 33.1. The molecule has 1 amide bonds. The first-order valence-electron chi connectivity index (χ1n) is 19.8. The van der Waals surface area contributed by atoms with Gasteiger partial charge in [-0.15, -0.1) is 11.3 Å². The Morgan fingerprint density at radius 3 is 2.29 bits per heavy atom. The molecule has 4 atom stereocenters. The van der Waals surface area contributed by atoms with E-state index in [1.807, 2.05) is 13.8 Å². The molecule has 9 nitrogen and oxygen atoms in total. The Bertz CT molecular complexity index is 1750. The molecule has 3 aliphatic heterocycles. The first-order valence-corrected chi connectivity index (χ1v) is 20.6. The summed E-state index contributed by atoms with van der Waals surface area (Å²) in [6.45, 7) is 19.4. The van der Waals surface area contributed by atoms with Crippen molar-refractivity contribution in [2.75, 3.05) is 39.4 Å². The zero-order valence-electron chi connectivity index (χ0n) is 32.3. The highest BCUT2D eigenvalue weighted by Crippen LogP contribution is 2.47. The van der Waals surface area contributed by atoms with Crippen LogP contribution in [-0.4, -0.2) is 79.3 Å². The first-order chi connectivity index (χ1) is 24.9. The Balaban J connectivity index is 1.19. The van der Waals surface area contributed by atoms with Gasteiger partial charge in [0.1, 0.15) is 10.6 Å². The summed E-state index contributed by atoms with van der Waals surface area (Å²) in [6.07, 6.45) is 6.01. The Morgan fingerprint density at radius 1 is 0.981 bits per heavy atom. The molecule has 1 aliphatic carbocycles. The van der Waals surface area contributed by atoms with E-state index in [2.05, 4.69) is 79.4 Å². The number of aromatic nitrogens is 1. The van der Waals surface area contributed by atoms with Gasteiger partial charge in [0.15, 0.2) is 0 Å². The van der Waals surface area contributed by atoms with Crippen molar-refractivity contribution in [2.45, 2.75) is 110 Å². The number of amides is 1. The summed E-state index contributed by atoms with van der Waals surface area (Å²) in [5.41, 5.74) is 5.33. The molecule has 4 fully saturated rings. The van der Waals surface area contributed by atoms with Gasteiger partial charge in [-0.1, -0.05) is 24.1 Å². The minimum absolute atomic E-state index is 0.0263. The van der Waals surface area contributed by atoms with Gasteiger partial charge in [-0.3, -0.25) is 15.1 Å². The summed E-state index contributed by atoms with van der Waals surface area (Å²) in [5.74, 6) is 2.95. The Labute approximate surface area is 313 Å². The van der Waals surface area contributed by atoms with Crippen molar-refractivity contribution in [1.29, 1.82) is 0 Å². The van der Waals surface area contributed by atoms with Crippen molar-refractivity contribution in [3.05, 3.63) is 45.8 Å². The molecule has 2 bridgehead atoms. The molecule has 0 radical (unpaired) electrons. The molecule has 282 valence electrons. The molecule has 3 saturated heterocycles. The second-order valence-corrected chi connectivity index (χ2v) is 18.0. The number of benzene rings is 1. The number of likely N-dealkylation sites (tertiary alicyclic amines) is 1. The normalized spacial score (nSPS) is 23.9. The van der Waals surface area contributed by atoms with Crippen LogP contribution in [0.5, 0.6) is 0 Å². The molecular weight excluding hydrogens is 671 g/mol. The highest BCUT2D eigenvalue weighted by molar-refractivity contribution is 7.19. The monoisotopic (exact) mass is 729 g/mol. The van der Waals surface area contributed by atoms with Crippen molar-refractivity contribution in [2.24, 2.45) is 28.7 Å². The summed E-state index contributed by atoms with van der Waals surface area (Å²) < 4.78 is 11.2. The number of carbonyl (C=O) groups excluding carboxylic acids is 2. The number of carbonyl (C=O) groups is 2. The number of ketones is 1. The van der Waals surface area contributed by atoms with Gasteiger partial charge < -0.3 is 24.7 Å². The largest absolute Gasteiger partial charge is 0.447 e. The number of H-pyrrole nitrogens is 1. The molecule has 10 heteroatoms. The number of thiophene rings is 1. The van der Waals surface area contributed by atoms with E-state index >= 15 is 0 Å². The number of hydrogen-bond acceptors (Lipinski definition) is 7. The molecule has 4 aliphatic rings. The van der Waals surface area contributed by atoms with Crippen LogP contribution in [0.4, 0.5) is 4.79 Å². The quantitative estimate of drug-likeness (QED) is 0.152. The third-order valence-electron chi connectivity index (χ3n) is 12.3. The number of aromatic amines is 1. The second kappa shape index (κ2) is 15.3. The smallest absolute Gasteiger partial charge is 0.414 e. The van der Waals surface area contributed by atoms with Gasteiger partial charge in [-0.2, -0.15) is 0 Å². The molecule has 3 aromatic rings. The maximum atomic E-state index is 14.2. The van der Waals surface area contributed by atoms with Crippen LogP contribution in [0.2, 0.25) is 0 Å². The molecule has 5 heterocycles. The highest BCUT2D eigenvalue weighted by Gasteiger charge is 2.50. The number of aryl methyl sites for hydroxylation is 2. The number of nitrogens with one attached hydrogen (secondary N) is 3. The maximum absolute atomic E-state index is 14.2. The van der Waals surface area contributed by atoms with E-state index in [4.69, 9.17) is 14.5 Å². The average Bonchev–Trinajstić information content (AvgIpc) is 3.90. The third-order valence-corrected chi connectivity index (χ3v) is 13.7. The fourth-order valence-electron chi connectivity index (χ4n) is 9.58. The van der Waals surface area contributed by atoms with Gasteiger partial charge in [0, 0.05) is 61.0 Å². The topological polar surface area (TPSA) is 108 Å². The fraction of sp³-hybridized carbons (Fsp3) is 0.643. The molecule has 1 aromatic carbocycles. The van der Waals surface area contributed by atoms with E-state index in [-0.39, 0.29) is 17.9 Å². The number of aliphatic imine (C=N–C) groups is 1. The van der Waals surface area contributed by atoms with Crippen LogP contribution in [-0.2, 0) is 19.7 Å². The Hall–Kier alpha value is -3.21. The lowest BCUT2D eigenvalue weighted by molar-refractivity contribution is -0.128. The summed E-state index contributed by atoms with van der Waals surface area (Å²) >= 11 is 1.72. The number of hydrogen-bond donors (Lipinski definition) is 3. The second-order valence-electron chi connectivity index (χ2n) is 16.9. The predicted octanol–water partition coefficient (Wildman–Crippen LogP) is 8.09. The van der Waals surface area contributed by atoms with Crippen molar-refractivity contribution in [1.82, 2.24) is 20.5 Å². The van der Waals surface area contributed by atoms with Crippen molar-refractivity contribution >= 4 is 39.4 Å². The standard InChI is InChI=1S/C42H59N5O4S/c1-24(2)51-41(49)46-40(47-14-10-28(11-15-47)29-12-16-50-17-13-29)44-22-27(5)35-32-21-34(42(6,7)38(48)36-30-8-9-33(36)43-23-30)52-39(32)45-37(35)31-19-25(3)18-26(4)20-31/h18-21,24,27-30,33,36,43,45H,8-17,22-23H2,1-7H3,(H,44,46,49)/t27-,30?,33?,36?/m1/s1. The molecule has 0 spiro atoms. The Kier molecular flexibility index (Phi) is 10.9. The van der Waals surface area contributed by atoms with Crippen LogP contribution < -0.4 is 10.6 Å². The van der Waals surface area contributed by atoms with Gasteiger partial charge in [-0.25, -0.2) is 4.79 Å². The number of guanidine groups is 1. The maximum Gasteiger partial charge on any atom is 0.414 e. The van der Waals surface area contributed by atoms with Gasteiger partial charge in [0.25, 0.3) is 0 Å². The summed E-state index contributed by atoms with van der Waals surface area (Å²) in [7, 11) is 0. The van der Waals surface area contributed by atoms with Crippen molar-refractivity contribution in [3.63, 3.8) is 0 Å². The van der Waals surface area contributed by atoms with Gasteiger partial charge in [-0.05, 0) is 134 Å². The molecule has 7 rings (SSSR count). The molecule has 52 heavy (non-hydrogen) atoms. The average molecular weight is 730 g/mol. The number of rotatable bonds is 9. The first kappa shape index (κ1) is 37.1. The number of fused-ring (bicyclic) bond motifs is 3. The van der Waals surface area contributed by atoms with Crippen molar-refractivity contribution in [3.8, 4) is 11.3 Å². The van der Waals surface area contributed by atoms with Crippen LogP contribution in [0.15, 0.2) is 29.3 Å². The molecular formula is C42H59N5O4S. The van der Waals surface area contributed by atoms with Crippen LogP contribution >= 0.6 is 11.3 Å². The SMILES string of the molecule is Cc1cc(C)cc(-c2[nH]c3sc(C(C)(C)C(=O)C4C5CCC4NC5)cc3c2[C@H](C)CN=C(NC(=O)OC(C)C)N2CCC(C3CCOCC3)CC2)c1. The molecule has 3 unspecified atom stereocenters. The lowest BCUT2D eigenvalue weighted by Gasteiger charge is -2.38. The minimum atomic E-state index is -0.578. The minimum Gasteiger partial charge on any atom is -0.447 e. The van der Waals surface area contributed by atoms with Crippen LogP contribution in [0.25, 0.3) is 21.5 Å². The predicted molar refractivity (Wildman–Crippen MR) is 210 cm³/mol. The van der Waals surface area contributed by atoms with Gasteiger partial charge in [0.2, 0.25) is 5.96 Å². The van der Waals surface area contributed by atoms with Crippen molar-refractivity contribution < 1.29 is 19.1 Å². The molecule has 1 saturated carbocycles. The third kappa shape index (κ3) is 7.58. The zero-order chi connectivity index (χ0) is 36.7. The highest BCUT2D eigenvalue weighted by atomic mass is 32.1. The summed E-state index contributed by atoms with van der Waals surface area (Å²) in [5, 5.41) is 7.79. The summed E-state index contributed by atoms with van der Waals surface area (Å²) in [6, 6.07) is 9.30. The van der Waals surface area contributed by atoms with Crippen LogP contribution in [0.1, 0.15) is 101 Å². The number of nitrogens with zero attached hydrogens (tertiary/aromatic N) is 2. The van der Waals surface area contributed by atoms with Crippen LogP contribution in [0, 0.1) is 37.5 Å². The van der Waals surface area contributed by atoms with Gasteiger partial charge >= 0.3 is 6.09 Å². The van der Waals surface area contributed by atoms with E-state index < -0.39 is 11.5 Å². The number of alkyl carbamates (subject to hydrolysis) is 1. The lowest BCUT2D eigenvalue weighted by atomic mass is 9.76. The van der Waals surface area contributed by atoms with Gasteiger partial charge in [0.05, 0.1) is 17.2 Å². The number of Topliss-reactive ketones (excluding diaryl/α,β-unsaturated/α-hetero) is 1. The lowest BCUT2D eigenvalue weighted by Crippen LogP contribution is -2.49. The Morgan fingerprint density at radius 2 is 1.67 bits per heavy atom. The number of piperidine rings is 2. The van der Waals surface area contributed by atoms with E-state index in [1.54, 1.807) is 11.3 Å². The summed E-state index contributed by atoms with van der Waals surface area (Å²) in [4.78, 5) is 40.6. The molecule has 3 N–H and O–H groups in total. The van der Waals surface area contributed by atoms with Crippen LogP contribution in [0.3, 0.4) is 0 Å². The number of ether oxygens (including phenoxy) is 2. The van der Waals surface area contributed by atoms with E-state index in [0.29, 0.717) is 36.2 Å². The van der Waals surface area contributed by atoms with E-state index in [0.717, 1.165) is 104 Å². The van der Waals surface area contributed by atoms with E-state index in [1.165, 1.54) is 16.7 Å². The van der Waals surface area contributed by atoms with E-state index in [9.17, 15) is 9.59 Å². The molecule has 2 aromatic heterocycles.